The van der Waals surface area contributed by atoms with E-state index in [1.54, 1.807) is 30.3 Å². The van der Waals surface area contributed by atoms with Gasteiger partial charge in [-0.1, -0.05) is 29.8 Å². The number of hydrogen-bond acceptors (Lipinski definition) is 5. The zero-order valence-corrected chi connectivity index (χ0v) is 15.7. The molecule has 1 fully saturated rings. The normalized spacial score (nSPS) is 16.7. The van der Waals surface area contributed by atoms with Gasteiger partial charge in [0, 0.05) is 24.2 Å². The molecule has 0 bridgehead atoms. The molecule has 1 amide bonds. The molecule has 27 heavy (non-hydrogen) atoms. The summed E-state index contributed by atoms with van der Waals surface area (Å²) in [6.07, 6.45) is 5.62. The number of oxazole rings is 1. The first-order valence-electron chi connectivity index (χ1n) is 8.90. The van der Waals surface area contributed by atoms with Crippen LogP contribution in [0.5, 0.6) is 0 Å². The molecule has 0 radical (unpaired) electrons. The van der Waals surface area contributed by atoms with Crippen molar-refractivity contribution >= 4 is 17.5 Å². The van der Waals surface area contributed by atoms with E-state index in [1.807, 2.05) is 24.3 Å². The fraction of sp³-hybridized carbons (Fsp3) is 0.300. The summed E-state index contributed by atoms with van der Waals surface area (Å²) in [5.41, 5.74) is 1.38. The molecule has 138 valence electrons. The number of halogens is 1. The van der Waals surface area contributed by atoms with E-state index in [9.17, 15) is 4.79 Å². The lowest BCUT2D eigenvalue weighted by molar-refractivity contribution is 0.0708. The van der Waals surface area contributed by atoms with Crippen LogP contribution in [-0.2, 0) is 6.42 Å². The fourth-order valence-electron chi connectivity index (χ4n) is 3.38. The molecule has 3 heterocycles. The number of nitrogens with zero attached hydrogens (tertiary/aromatic N) is 4. The number of carbonyl (C=O) groups excluding carboxylic acids is 1. The van der Waals surface area contributed by atoms with Crippen LogP contribution in [0.1, 0.15) is 52.4 Å². The third-order valence-corrected chi connectivity index (χ3v) is 5.06. The molecule has 4 rings (SSSR count). The second-order valence-corrected chi connectivity index (χ2v) is 6.99. The number of aromatic nitrogens is 3. The van der Waals surface area contributed by atoms with Crippen molar-refractivity contribution in [2.45, 2.75) is 32.2 Å². The van der Waals surface area contributed by atoms with Gasteiger partial charge in [0.2, 0.25) is 5.89 Å². The first-order valence-corrected chi connectivity index (χ1v) is 9.28. The summed E-state index contributed by atoms with van der Waals surface area (Å²) in [5.74, 6) is 1.76. The summed E-state index contributed by atoms with van der Waals surface area (Å²) in [6.45, 7) is 2.43. The van der Waals surface area contributed by atoms with E-state index in [1.165, 1.54) is 0 Å². The van der Waals surface area contributed by atoms with Crippen LogP contribution in [0.25, 0.3) is 0 Å². The fourth-order valence-corrected chi connectivity index (χ4v) is 3.58. The van der Waals surface area contributed by atoms with Crippen LogP contribution in [0.2, 0.25) is 5.02 Å². The average molecular weight is 383 g/mol. The molecule has 1 atom stereocenters. The quantitative estimate of drug-likeness (QED) is 0.682. The van der Waals surface area contributed by atoms with Gasteiger partial charge in [-0.15, -0.1) is 0 Å². The first kappa shape index (κ1) is 17.7. The standard InChI is InChI=1S/C20H19ClN4O2/c1-13-22-9-8-17(24-13)20(26)25-10-4-7-18(25)19-23-12-15(27-19)11-14-5-2-3-6-16(14)21/h2-3,5-6,8-9,12,18H,4,7,10-11H2,1H3/t18-/m1/s1. The van der Waals surface area contributed by atoms with Gasteiger partial charge >= 0.3 is 0 Å². The van der Waals surface area contributed by atoms with Crippen molar-refractivity contribution in [1.82, 2.24) is 19.9 Å². The minimum absolute atomic E-state index is 0.117. The van der Waals surface area contributed by atoms with E-state index in [0.717, 1.165) is 24.2 Å². The Hall–Kier alpha value is -2.73. The molecule has 0 aliphatic carbocycles. The number of rotatable bonds is 4. The first-order chi connectivity index (χ1) is 13.1. The lowest BCUT2D eigenvalue weighted by atomic mass is 10.1. The minimum Gasteiger partial charge on any atom is -0.443 e. The Morgan fingerprint density at radius 1 is 1.30 bits per heavy atom. The predicted octanol–water partition coefficient (Wildman–Crippen LogP) is 3.99. The summed E-state index contributed by atoms with van der Waals surface area (Å²) in [7, 11) is 0. The minimum atomic E-state index is -0.173. The van der Waals surface area contributed by atoms with Gasteiger partial charge in [-0.2, -0.15) is 0 Å². The Morgan fingerprint density at radius 2 is 2.15 bits per heavy atom. The van der Waals surface area contributed by atoms with Gasteiger partial charge in [-0.05, 0) is 37.5 Å². The molecule has 7 heteroatoms. The van der Waals surface area contributed by atoms with Crippen molar-refractivity contribution in [2.75, 3.05) is 6.54 Å². The predicted molar refractivity (Wildman–Crippen MR) is 101 cm³/mol. The van der Waals surface area contributed by atoms with E-state index in [-0.39, 0.29) is 11.9 Å². The monoisotopic (exact) mass is 382 g/mol. The van der Waals surface area contributed by atoms with E-state index in [2.05, 4.69) is 15.0 Å². The second kappa shape index (κ2) is 7.48. The molecule has 1 aliphatic rings. The molecular formula is C20H19ClN4O2. The Balaban J connectivity index is 1.53. The molecule has 0 N–H and O–H groups in total. The molecule has 1 saturated heterocycles. The summed E-state index contributed by atoms with van der Waals surface area (Å²) >= 11 is 6.23. The summed E-state index contributed by atoms with van der Waals surface area (Å²) < 4.78 is 5.97. The molecular weight excluding hydrogens is 364 g/mol. The van der Waals surface area contributed by atoms with E-state index in [0.29, 0.717) is 35.4 Å². The highest BCUT2D eigenvalue weighted by atomic mass is 35.5. The maximum Gasteiger partial charge on any atom is 0.273 e. The number of carbonyl (C=O) groups is 1. The van der Waals surface area contributed by atoms with Crippen molar-refractivity contribution in [3.63, 3.8) is 0 Å². The third-order valence-electron chi connectivity index (χ3n) is 4.69. The SMILES string of the molecule is Cc1nccc(C(=O)N2CCC[C@@H]2c2ncc(Cc3ccccc3Cl)o2)n1. The second-order valence-electron chi connectivity index (χ2n) is 6.58. The van der Waals surface area contributed by atoms with Crippen LogP contribution in [0.4, 0.5) is 0 Å². The van der Waals surface area contributed by atoms with E-state index >= 15 is 0 Å². The van der Waals surface area contributed by atoms with Crippen molar-refractivity contribution in [2.24, 2.45) is 0 Å². The molecule has 2 aromatic heterocycles. The van der Waals surface area contributed by atoms with Crippen molar-refractivity contribution < 1.29 is 9.21 Å². The average Bonchev–Trinajstić information content (AvgIpc) is 3.32. The van der Waals surface area contributed by atoms with Crippen LogP contribution in [0, 0.1) is 6.92 Å². The van der Waals surface area contributed by atoms with E-state index in [4.69, 9.17) is 16.0 Å². The Morgan fingerprint density at radius 3 is 2.96 bits per heavy atom. The van der Waals surface area contributed by atoms with E-state index < -0.39 is 0 Å². The van der Waals surface area contributed by atoms with Gasteiger partial charge in [0.25, 0.3) is 5.91 Å². The highest BCUT2D eigenvalue weighted by Gasteiger charge is 2.34. The van der Waals surface area contributed by atoms with Crippen molar-refractivity contribution in [3.05, 3.63) is 76.5 Å². The molecule has 0 unspecified atom stereocenters. The summed E-state index contributed by atoms with van der Waals surface area (Å²) in [6, 6.07) is 9.13. The van der Waals surface area contributed by atoms with Gasteiger partial charge < -0.3 is 9.32 Å². The highest BCUT2D eigenvalue weighted by Crippen LogP contribution is 2.33. The molecule has 1 aliphatic heterocycles. The lowest BCUT2D eigenvalue weighted by Gasteiger charge is -2.21. The summed E-state index contributed by atoms with van der Waals surface area (Å²) in [4.78, 5) is 27.4. The maximum absolute atomic E-state index is 12.9. The zero-order valence-electron chi connectivity index (χ0n) is 14.9. The van der Waals surface area contributed by atoms with Gasteiger partial charge in [0.1, 0.15) is 23.3 Å². The molecule has 1 aromatic carbocycles. The summed E-state index contributed by atoms with van der Waals surface area (Å²) in [5, 5.41) is 0.701. The van der Waals surface area contributed by atoms with Gasteiger partial charge in [0.05, 0.1) is 6.20 Å². The van der Waals surface area contributed by atoms with Crippen molar-refractivity contribution in [3.8, 4) is 0 Å². The number of amides is 1. The van der Waals surface area contributed by atoms with Gasteiger partial charge in [-0.25, -0.2) is 15.0 Å². The number of benzene rings is 1. The Labute approximate surface area is 162 Å². The Kier molecular flexibility index (Phi) is 4.90. The number of aryl methyl sites for hydroxylation is 1. The molecule has 6 nitrogen and oxygen atoms in total. The number of hydrogen-bond donors (Lipinski definition) is 0. The maximum atomic E-state index is 12.9. The molecule has 3 aromatic rings. The van der Waals surface area contributed by atoms with Crippen LogP contribution < -0.4 is 0 Å². The van der Waals surface area contributed by atoms with Crippen molar-refractivity contribution in [1.29, 1.82) is 0 Å². The zero-order chi connectivity index (χ0) is 18.8. The topological polar surface area (TPSA) is 72.1 Å². The third kappa shape index (κ3) is 3.71. The van der Waals surface area contributed by atoms with Crippen LogP contribution >= 0.6 is 11.6 Å². The van der Waals surface area contributed by atoms with Gasteiger partial charge in [0.15, 0.2) is 0 Å². The molecule has 0 spiro atoms. The Bertz CT molecular complexity index is 972. The van der Waals surface area contributed by atoms with Gasteiger partial charge in [-0.3, -0.25) is 4.79 Å². The number of likely N-dealkylation sites (tertiary alicyclic amines) is 1. The molecule has 0 saturated carbocycles. The van der Waals surface area contributed by atoms with Crippen LogP contribution in [-0.4, -0.2) is 32.3 Å². The van der Waals surface area contributed by atoms with Crippen LogP contribution in [0.15, 0.2) is 47.1 Å². The highest BCUT2D eigenvalue weighted by molar-refractivity contribution is 6.31. The lowest BCUT2D eigenvalue weighted by Crippen LogP contribution is -2.31. The smallest absolute Gasteiger partial charge is 0.273 e. The van der Waals surface area contributed by atoms with Crippen LogP contribution in [0.3, 0.4) is 0 Å². The largest absolute Gasteiger partial charge is 0.443 e.